The van der Waals surface area contributed by atoms with Gasteiger partial charge in [0.1, 0.15) is 18.3 Å². The van der Waals surface area contributed by atoms with Crippen LogP contribution in [0.25, 0.3) is 0 Å². The Kier molecular flexibility index (Phi) is 11.0. The molecule has 8 nitrogen and oxygen atoms in total. The van der Waals surface area contributed by atoms with Crippen molar-refractivity contribution in [2.75, 3.05) is 18.0 Å². The Labute approximate surface area is 264 Å². The van der Waals surface area contributed by atoms with Gasteiger partial charge in [-0.25, -0.2) is 8.42 Å². The van der Waals surface area contributed by atoms with Gasteiger partial charge < -0.3 is 15.0 Å². The van der Waals surface area contributed by atoms with Crippen molar-refractivity contribution in [1.29, 1.82) is 0 Å². The van der Waals surface area contributed by atoms with E-state index in [1.54, 1.807) is 66.7 Å². The van der Waals surface area contributed by atoms with E-state index < -0.39 is 28.5 Å². The molecule has 0 spiro atoms. The van der Waals surface area contributed by atoms with Crippen LogP contribution < -0.4 is 14.4 Å². The zero-order valence-corrected chi connectivity index (χ0v) is 26.5. The number of nitrogens with one attached hydrogen (secondary N) is 1. The molecule has 4 rings (SSSR count). The fourth-order valence-electron chi connectivity index (χ4n) is 4.72. The van der Waals surface area contributed by atoms with Crippen LogP contribution in [0.15, 0.2) is 114 Å². The average Bonchev–Trinajstić information content (AvgIpc) is 3.02. The maximum atomic E-state index is 14.4. The number of amides is 2. The number of sulfonamides is 1. The highest BCUT2D eigenvalue weighted by Crippen LogP contribution is 2.26. The molecule has 44 heavy (non-hydrogen) atoms. The van der Waals surface area contributed by atoms with Crippen LogP contribution >= 0.6 is 11.6 Å². The van der Waals surface area contributed by atoms with Crippen molar-refractivity contribution in [1.82, 2.24) is 10.2 Å². The fraction of sp³-hybridized carbons (Fsp3) is 0.235. The molecular formula is C34H36ClN3O5S. The maximum Gasteiger partial charge on any atom is 0.264 e. The van der Waals surface area contributed by atoms with Crippen molar-refractivity contribution in [3.63, 3.8) is 0 Å². The Bertz CT molecular complexity index is 1630. The Morgan fingerprint density at radius 2 is 1.41 bits per heavy atom. The molecule has 4 aromatic carbocycles. The maximum absolute atomic E-state index is 14.4. The molecule has 0 fully saturated rings. The summed E-state index contributed by atoms with van der Waals surface area (Å²) in [6.45, 7) is 3.22. The highest BCUT2D eigenvalue weighted by atomic mass is 35.5. The van der Waals surface area contributed by atoms with Crippen LogP contribution in [0.1, 0.15) is 25.0 Å². The summed E-state index contributed by atoms with van der Waals surface area (Å²) < 4.78 is 34.4. The van der Waals surface area contributed by atoms with Crippen molar-refractivity contribution in [2.45, 2.75) is 43.8 Å². The molecule has 0 heterocycles. The molecule has 0 bridgehead atoms. The number of anilines is 1. The third-order valence-corrected chi connectivity index (χ3v) is 8.98. The summed E-state index contributed by atoms with van der Waals surface area (Å²) in [6, 6.07) is 29.7. The quantitative estimate of drug-likeness (QED) is 0.204. The van der Waals surface area contributed by atoms with Crippen LogP contribution in [0.3, 0.4) is 0 Å². The zero-order chi connectivity index (χ0) is 31.7. The van der Waals surface area contributed by atoms with Gasteiger partial charge in [-0.2, -0.15) is 0 Å². The minimum Gasteiger partial charge on any atom is -0.497 e. The summed E-state index contributed by atoms with van der Waals surface area (Å²) in [5.74, 6) is -0.378. The van der Waals surface area contributed by atoms with Gasteiger partial charge in [0, 0.05) is 24.0 Å². The third-order valence-electron chi connectivity index (χ3n) is 6.94. The largest absolute Gasteiger partial charge is 0.497 e. The monoisotopic (exact) mass is 633 g/mol. The van der Waals surface area contributed by atoms with Crippen LogP contribution in [0.5, 0.6) is 5.75 Å². The van der Waals surface area contributed by atoms with Crippen LogP contribution in [0.4, 0.5) is 5.69 Å². The molecule has 0 saturated carbocycles. The molecular weight excluding hydrogens is 598 g/mol. The second-order valence-electron chi connectivity index (χ2n) is 10.5. The first-order valence-corrected chi connectivity index (χ1v) is 16.0. The van der Waals surface area contributed by atoms with Crippen LogP contribution in [0.2, 0.25) is 5.02 Å². The number of carbonyl (C=O) groups is 2. The number of hydrogen-bond donors (Lipinski definition) is 1. The molecule has 2 amide bonds. The van der Waals surface area contributed by atoms with Gasteiger partial charge in [0.05, 0.1) is 17.7 Å². The number of halogens is 1. The zero-order valence-electron chi connectivity index (χ0n) is 24.9. The summed E-state index contributed by atoms with van der Waals surface area (Å²) in [7, 11) is -2.70. The highest BCUT2D eigenvalue weighted by Gasteiger charge is 2.34. The standard InChI is InChI=1S/C34H36ClN3O5S/c1-25(2)36-34(40)32(22-26-10-6-4-7-11-26)37(23-27-14-16-28(35)17-15-27)33(39)24-38(29-12-8-5-9-13-29)44(41,42)31-20-18-30(43-3)19-21-31/h4-21,25,32H,22-24H2,1-3H3,(H,36,40)/t32-/m0/s1. The molecule has 0 aliphatic rings. The predicted molar refractivity (Wildman–Crippen MR) is 173 cm³/mol. The number of hydrogen-bond acceptors (Lipinski definition) is 5. The second-order valence-corrected chi connectivity index (χ2v) is 12.8. The van der Waals surface area contributed by atoms with Gasteiger partial charge in [-0.15, -0.1) is 0 Å². The normalized spacial score (nSPS) is 11.9. The van der Waals surface area contributed by atoms with Crippen LogP contribution in [-0.2, 0) is 32.6 Å². The van der Waals surface area contributed by atoms with E-state index in [0.717, 1.165) is 15.4 Å². The first-order valence-electron chi connectivity index (χ1n) is 14.2. The van der Waals surface area contributed by atoms with E-state index in [0.29, 0.717) is 16.5 Å². The number of para-hydroxylation sites is 1. The molecule has 0 saturated heterocycles. The molecule has 0 radical (unpaired) electrons. The van der Waals surface area contributed by atoms with E-state index in [1.165, 1.54) is 24.1 Å². The van der Waals surface area contributed by atoms with Crippen LogP contribution in [-0.4, -0.2) is 50.9 Å². The van der Waals surface area contributed by atoms with Gasteiger partial charge in [-0.1, -0.05) is 72.3 Å². The third kappa shape index (κ3) is 8.39. The molecule has 0 aliphatic heterocycles. The number of nitrogens with zero attached hydrogens (tertiary/aromatic N) is 2. The lowest BCUT2D eigenvalue weighted by molar-refractivity contribution is -0.140. The summed E-state index contributed by atoms with van der Waals surface area (Å²) >= 11 is 6.13. The van der Waals surface area contributed by atoms with E-state index in [2.05, 4.69) is 5.32 Å². The smallest absolute Gasteiger partial charge is 0.264 e. The fourth-order valence-corrected chi connectivity index (χ4v) is 6.26. The number of ether oxygens (including phenoxy) is 1. The van der Waals surface area contributed by atoms with Crippen molar-refractivity contribution >= 4 is 39.1 Å². The topological polar surface area (TPSA) is 96.0 Å². The Hall–Kier alpha value is -4.34. The SMILES string of the molecule is COc1ccc(S(=O)(=O)N(CC(=O)N(Cc2ccc(Cl)cc2)[C@@H](Cc2ccccc2)C(=O)NC(C)C)c2ccccc2)cc1. The highest BCUT2D eigenvalue weighted by molar-refractivity contribution is 7.92. The molecule has 0 aliphatic carbocycles. The molecule has 230 valence electrons. The lowest BCUT2D eigenvalue weighted by atomic mass is 10.0. The number of methoxy groups -OCH3 is 1. The van der Waals surface area contributed by atoms with E-state index in [4.69, 9.17) is 16.3 Å². The second kappa shape index (κ2) is 14.9. The van der Waals surface area contributed by atoms with E-state index in [9.17, 15) is 18.0 Å². The van der Waals surface area contributed by atoms with Crippen molar-refractivity contribution in [3.05, 3.63) is 125 Å². The number of benzene rings is 4. The lowest BCUT2D eigenvalue weighted by Gasteiger charge is -2.34. The van der Waals surface area contributed by atoms with E-state index in [1.807, 2.05) is 44.2 Å². The van der Waals surface area contributed by atoms with E-state index in [-0.39, 0.29) is 29.8 Å². The van der Waals surface area contributed by atoms with Gasteiger partial charge >= 0.3 is 0 Å². The molecule has 10 heteroatoms. The minimum absolute atomic E-state index is 0.00223. The van der Waals surface area contributed by atoms with Gasteiger partial charge in [0.15, 0.2) is 0 Å². The van der Waals surface area contributed by atoms with Gasteiger partial charge in [0.2, 0.25) is 11.8 Å². The van der Waals surface area contributed by atoms with Crippen molar-refractivity contribution in [2.24, 2.45) is 0 Å². The first-order chi connectivity index (χ1) is 21.1. The van der Waals surface area contributed by atoms with E-state index >= 15 is 0 Å². The molecule has 4 aromatic rings. The Morgan fingerprint density at radius 3 is 1.98 bits per heavy atom. The first kappa shape index (κ1) is 32.6. The van der Waals surface area contributed by atoms with Gasteiger partial charge in [0.25, 0.3) is 10.0 Å². The minimum atomic E-state index is -4.20. The lowest BCUT2D eigenvalue weighted by Crippen LogP contribution is -2.54. The Morgan fingerprint density at radius 1 is 0.818 bits per heavy atom. The summed E-state index contributed by atoms with van der Waals surface area (Å²) in [6.07, 6.45) is 0.231. The van der Waals surface area contributed by atoms with Crippen molar-refractivity contribution < 1.29 is 22.7 Å². The molecule has 1 atom stereocenters. The van der Waals surface area contributed by atoms with Crippen LogP contribution in [0, 0.1) is 0 Å². The Balaban J connectivity index is 1.78. The molecule has 1 N–H and O–H groups in total. The number of carbonyl (C=O) groups excluding carboxylic acids is 2. The summed E-state index contributed by atoms with van der Waals surface area (Å²) in [4.78, 5) is 29.6. The summed E-state index contributed by atoms with van der Waals surface area (Å²) in [5.41, 5.74) is 1.91. The summed E-state index contributed by atoms with van der Waals surface area (Å²) in [5, 5.41) is 3.48. The van der Waals surface area contributed by atoms with Gasteiger partial charge in [-0.05, 0) is 73.5 Å². The molecule has 0 unspecified atom stereocenters. The predicted octanol–water partition coefficient (Wildman–Crippen LogP) is 5.71. The average molecular weight is 634 g/mol. The number of rotatable bonds is 13. The van der Waals surface area contributed by atoms with Crippen molar-refractivity contribution in [3.8, 4) is 5.75 Å². The van der Waals surface area contributed by atoms with Gasteiger partial charge in [-0.3, -0.25) is 13.9 Å². The molecule has 0 aromatic heterocycles.